The fourth-order valence-corrected chi connectivity index (χ4v) is 2.02. The normalized spacial score (nSPS) is 10.6. The maximum atomic E-state index is 11.7. The van der Waals surface area contributed by atoms with E-state index in [0.29, 0.717) is 11.6 Å². The van der Waals surface area contributed by atoms with Crippen molar-refractivity contribution in [3.63, 3.8) is 0 Å². The van der Waals surface area contributed by atoms with Gasteiger partial charge >= 0.3 is 0 Å². The van der Waals surface area contributed by atoms with Gasteiger partial charge in [0.05, 0.1) is 0 Å². The number of benzene rings is 1. The first-order chi connectivity index (χ1) is 11.6. The van der Waals surface area contributed by atoms with Crippen molar-refractivity contribution < 1.29 is 4.79 Å². The highest BCUT2D eigenvalue weighted by atomic mass is 16.1. The molecule has 0 spiro atoms. The topological polar surface area (TPSA) is 84.7 Å². The van der Waals surface area contributed by atoms with Crippen LogP contribution in [-0.4, -0.2) is 25.7 Å². The summed E-state index contributed by atoms with van der Waals surface area (Å²) in [5.41, 5.74) is 1.63. The average Bonchev–Trinajstić information content (AvgIpc) is 3.11. The van der Waals surface area contributed by atoms with Crippen LogP contribution in [0.3, 0.4) is 0 Å². The second-order valence-electron chi connectivity index (χ2n) is 5.56. The van der Waals surface area contributed by atoms with Gasteiger partial charge in [0.1, 0.15) is 12.1 Å². The van der Waals surface area contributed by atoms with Crippen LogP contribution in [0.4, 0.5) is 17.2 Å². The molecule has 0 aliphatic heterocycles. The Morgan fingerprint density at radius 2 is 1.88 bits per heavy atom. The van der Waals surface area contributed by atoms with E-state index in [4.69, 9.17) is 0 Å². The van der Waals surface area contributed by atoms with Crippen LogP contribution in [0.5, 0.6) is 0 Å². The Hall–Kier alpha value is -3.22. The summed E-state index contributed by atoms with van der Waals surface area (Å²) in [6, 6.07) is 11.1. The summed E-state index contributed by atoms with van der Waals surface area (Å²) < 4.78 is 1.66. The highest BCUT2D eigenvalue weighted by Gasteiger charge is 2.07. The summed E-state index contributed by atoms with van der Waals surface area (Å²) in [6.45, 7) is 3.72. The molecule has 0 atom stereocenters. The molecule has 2 N–H and O–H groups in total. The predicted molar refractivity (Wildman–Crippen MR) is 92.3 cm³/mol. The monoisotopic (exact) mass is 322 g/mol. The average molecular weight is 322 g/mol. The maximum Gasteiger partial charge on any atom is 0.226 e. The molecule has 0 aliphatic rings. The summed E-state index contributed by atoms with van der Waals surface area (Å²) in [7, 11) is 0. The molecule has 0 bridgehead atoms. The Morgan fingerprint density at radius 1 is 1.12 bits per heavy atom. The fourth-order valence-electron chi connectivity index (χ4n) is 2.02. The van der Waals surface area contributed by atoms with Gasteiger partial charge in [0.2, 0.25) is 5.91 Å². The van der Waals surface area contributed by atoms with Gasteiger partial charge in [-0.05, 0) is 30.3 Å². The molecule has 2 heterocycles. The van der Waals surface area contributed by atoms with Gasteiger partial charge in [0, 0.05) is 35.8 Å². The zero-order valence-corrected chi connectivity index (χ0v) is 13.5. The molecule has 1 amide bonds. The van der Waals surface area contributed by atoms with E-state index in [0.717, 1.165) is 11.4 Å². The Balaban J connectivity index is 1.70. The smallest absolute Gasteiger partial charge is 0.226 e. The minimum absolute atomic E-state index is 0.00428. The molecular weight excluding hydrogens is 304 g/mol. The molecule has 0 fully saturated rings. The molecule has 0 saturated carbocycles. The van der Waals surface area contributed by atoms with Crippen molar-refractivity contribution in [3.8, 4) is 5.82 Å². The second-order valence-corrected chi connectivity index (χ2v) is 5.56. The van der Waals surface area contributed by atoms with Crippen molar-refractivity contribution in [2.75, 3.05) is 10.6 Å². The zero-order chi connectivity index (χ0) is 16.9. The van der Waals surface area contributed by atoms with Crippen molar-refractivity contribution >= 4 is 23.1 Å². The van der Waals surface area contributed by atoms with Gasteiger partial charge in [-0.15, -0.1) is 0 Å². The van der Waals surface area contributed by atoms with E-state index < -0.39 is 0 Å². The Bertz CT molecular complexity index is 811. The van der Waals surface area contributed by atoms with Crippen molar-refractivity contribution in [2.24, 2.45) is 5.92 Å². The molecule has 0 radical (unpaired) electrons. The summed E-state index contributed by atoms with van der Waals surface area (Å²) in [4.78, 5) is 20.1. The SMILES string of the molecule is CC(C)C(=O)Nc1ccc(Nc2cc(-n3cccn3)ncn2)cc1. The maximum absolute atomic E-state index is 11.7. The van der Waals surface area contributed by atoms with Crippen LogP contribution < -0.4 is 10.6 Å². The number of carbonyl (C=O) groups is 1. The van der Waals surface area contributed by atoms with E-state index in [-0.39, 0.29) is 11.8 Å². The molecule has 0 saturated heterocycles. The predicted octanol–water partition coefficient (Wildman–Crippen LogP) is 3.00. The zero-order valence-electron chi connectivity index (χ0n) is 13.5. The van der Waals surface area contributed by atoms with Gasteiger partial charge in [0.25, 0.3) is 0 Å². The van der Waals surface area contributed by atoms with Crippen LogP contribution in [0.15, 0.2) is 55.1 Å². The number of anilines is 3. The molecule has 1 aromatic carbocycles. The molecule has 122 valence electrons. The van der Waals surface area contributed by atoms with Gasteiger partial charge in [0.15, 0.2) is 5.82 Å². The van der Waals surface area contributed by atoms with Crippen molar-refractivity contribution in [3.05, 3.63) is 55.1 Å². The number of hydrogen-bond acceptors (Lipinski definition) is 5. The molecule has 2 aromatic heterocycles. The molecule has 3 aromatic rings. The number of hydrogen-bond donors (Lipinski definition) is 2. The van der Waals surface area contributed by atoms with E-state index in [1.165, 1.54) is 6.33 Å². The molecule has 0 aliphatic carbocycles. The van der Waals surface area contributed by atoms with Crippen molar-refractivity contribution in [1.82, 2.24) is 19.7 Å². The van der Waals surface area contributed by atoms with Crippen LogP contribution in [0.2, 0.25) is 0 Å². The van der Waals surface area contributed by atoms with Crippen LogP contribution >= 0.6 is 0 Å². The number of aromatic nitrogens is 4. The molecule has 0 unspecified atom stereocenters. The van der Waals surface area contributed by atoms with Gasteiger partial charge < -0.3 is 10.6 Å². The second kappa shape index (κ2) is 6.91. The van der Waals surface area contributed by atoms with E-state index in [1.807, 2.05) is 50.4 Å². The number of rotatable bonds is 5. The third-order valence-electron chi connectivity index (χ3n) is 3.34. The minimum Gasteiger partial charge on any atom is -0.340 e. The van der Waals surface area contributed by atoms with Gasteiger partial charge in [-0.25, -0.2) is 14.6 Å². The Morgan fingerprint density at radius 3 is 2.54 bits per heavy atom. The third-order valence-corrected chi connectivity index (χ3v) is 3.34. The summed E-state index contributed by atoms with van der Waals surface area (Å²) in [5, 5.41) is 10.2. The lowest BCUT2D eigenvalue weighted by Gasteiger charge is -2.10. The minimum atomic E-state index is -0.0514. The lowest BCUT2D eigenvalue weighted by Crippen LogP contribution is -2.17. The van der Waals surface area contributed by atoms with Crippen LogP contribution in [0.1, 0.15) is 13.8 Å². The fraction of sp³-hybridized carbons (Fsp3) is 0.176. The van der Waals surface area contributed by atoms with Crippen LogP contribution in [0, 0.1) is 5.92 Å². The molecule has 24 heavy (non-hydrogen) atoms. The van der Waals surface area contributed by atoms with E-state index >= 15 is 0 Å². The van der Waals surface area contributed by atoms with Gasteiger partial charge in [-0.1, -0.05) is 13.8 Å². The molecule has 7 heteroatoms. The summed E-state index contributed by atoms with van der Waals surface area (Å²) in [6.07, 6.45) is 4.99. The van der Waals surface area contributed by atoms with Gasteiger partial charge in [-0.3, -0.25) is 4.79 Å². The number of nitrogens with one attached hydrogen (secondary N) is 2. The number of amides is 1. The third kappa shape index (κ3) is 3.75. The summed E-state index contributed by atoms with van der Waals surface area (Å²) >= 11 is 0. The van der Waals surface area contributed by atoms with Crippen molar-refractivity contribution in [2.45, 2.75) is 13.8 Å². The number of nitrogens with zero attached hydrogens (tertiary/aromatic N) is 4. The standard InChI is InChI=1S/C17H18N6O/c1-12(2)17(24)22-14-6-4-13(5-7-14)21-15-10-16(19-11-18-15)23-9-3-8-20-23/h3-12H,1-2H3,(H,22,24)(H,18,19,21). The quantitative estimate of drug-likeness (QED) is 0.754. The first-order valence-corrected chi connectivity index (χ1v) is 7.62. The largest absolute Gasteiger partial charge is 0.340 e. The lowest BCUT2D eigenvalue weighted by molar-refractivity contribution is -0.118. The van der Waals surface area contributed by atoms with Crippen LogP contribution in [0.25, 0.3) is 5.82 Å². The highest BCUT2D eigenvalue weighted by molar-refractivity contribution is 5.92. The summed E-state index contributed by atoms with van der Waals surface area (Å²) in [5.74, 6) is 1.28. The first-order valence-electron chi connectivity index (χ1n) is 7.62. The van der Waals surface area contributed by atoms with E-state index in [9.17, 15) is 4.79 Å². The van der Waals surface area contributed by atoms with Crippen molar-refractivity contribution in [1.29, 1.82) is 0 Å². The Labute approximate surface area is 139 Å². The lowest BCUT2D eigenvalue weighted by atomic mass is 10.2. The van der Waals surface area contributed by atoms with E-state index in [1.54, 1.807) is 16.9 Å². The molecule has 7 nitrogen and oxygen atoms in total. The Kier molecular flexibility index (Phi) is 4.51. The van der Waals surface area contributed by atoms with Crippen LogP contribution in [-0.2, 0) is 4.79 Å². The first kappa shape index (κ1) is 15.7. The number of carbonyl (C=O) groups excluding carboxylic acids is 1. The molecular formula is C17H18N6O. The van der Waals surface area contributed by atoms with E-state index in [2.05, 4.69) is 25.7 Å². The highest BCUT2D eigenvalue weighted by Crippen LogP contribution is 2.18. The van der Waals surface area contributed by atoms with Gasteiger partial charge in [-0.2, -0.15) is 5.10 Å². The molecule has 3 rings (SSSR count).